The molecule has 0 heterocycles. The van der Waals surface area contributed by atoms with Crippen molar-refractivity contribution in [3.63, 3.8) is 0 Å². The summed E-state index contributed by atoms with van der Waals surface area (Å²) in [6, 6.07) is 6.56. The van der Waals surface area contributed by atoms with Crippen molar-refractivity contribution in [1.29, 1.82) is 0 Å². The monoisotopic (exact) mass is 453 g/mol. The zero-order valence-corrected chi connectivity index (χ0v) is 19.5. The van der Waals surface area contributed by atoms with Crippen molar-refractivity contribution < 1.29 is 25.3 Å². The molecule has 1 fully saturated rings. The molecular formula is C23H34ClN2O5+. The number of benzene rings is 1. The van der Waals surface area contributed by atoms with Crippen molar-refractivity contribution >= 4 is 29.4 Å². The Kier molecular flexibility index (Phi) is 9.32. The molecule has 1 aliphatic carbocycles. The van der Waals surface area contributed by atoms with Gasteiger partial charge in [-0.2, -0.15) is 0 Å². The number of nitrogens with one attached hydrogen (secondary N) is 1. The summed E-state index contributed by atoms with van der Waals surface area (Å²) >= 11 is 6.41. The van der Waals surface area contributed by atoms with E-state index in [0.717, 1.165) is 19.3 Å². The summed E-state index contributed by atoms with van der Waals surface area (Å²) in [6.45, 7) is 6.00. The van der Waals surface area contributed by atoms with Gasteiger partial charge in [-0.25, -0.2) is 4.79 Å². The van der Waals surface area contributed by atoms with Gasteiger partial charge in [0, 0.05) is 24.1 Å². The predicted molar refractivity (Wildman–Crippen MR) is 120 cm³/mol. The maximum Gasteiger partial charge on any atom is 1.00 e. The SMILES string of the molecule is CCCN[C@H](C(=O)OCOC(=O)N(C)[C@]1(c2ccccc2Cl)CCCCC1=O)C(C)C.[H+]. The molecule has 1 aromatic rings. The van der Waals surface area contributed by atoms with E-state index in [1.54, 1.807) is 24.3 Å². The molecule has 1 N–H and O–H groups in total. The Balaban J connectivity index is 0.00000512. The van der Waals surface area contributed by atoms with Crippen LogP contribution in [0.15, 0.2) is 24.3 Å². The van der Waals surface area contributed by atoms with Crippen LogP contribution in [0.2, 0.25) is 5.02 Å². The second-order valence-electron chi connectivity index (χ2n) is 8.20. The summed E-state index contributed by atoms with van der Waals surface area (Å²) < 4.78 is 10.4. The molecule has 1 saturated carbocycles. The fourth-order valence-corrected chi connectivity index (χ4v) is 4.29. The van der Waals surface area contributed by atoms with E-state index in [0.29, 0.717) is 30.0 Å². The first-order valence-corrected chi connectivity index (χ1v) is 11.2. The topological polar surface area (TPSA) is 84.9 Å². The third kappa shape index (κ3) is 5.77. The Morgan fingerprint density at radius 3 is 2.58 bits per heavy atom. The van der Waals surface area contributed by atoms with E-state index in [1.807, 2.05) is 20.8 Å². The number of carbonyl (C=O) groups excluding carboxylic acids is 3. The highest BCUT2D eigenvalue weighted by molar-refractivity contribution is 6.31. The first-order chi connectivity index (χ1) is 14.8. The minimum Gasteiger partial charge on any atom is -0.427 e. The van der Waals surface area contributed by atoms with Crippen LogP contribution in [0, 0.1) is 5.92 Å². The third-order valence-electron chi connectivity index (χ3n) is 5.74. The second-order valence-corrected chi connectivity index (χ2v) is 8.60. The zero-order valence-electron chi connectivity index (χ0n) is 19.8. The van der Waals surface area contributed by atoms with Gasteiger partial charge in [0.15, 0.2) is 5.78 Å². The van der Waals surface area contributed by atoms with Crippen LogP contribution < -0.4 is 5.32 Å². The summed E-state index contributed by atoms with van der Waals surface area (Å²) in [6.07, 6.45) is 2.50. The number of Topliss-reactive ketones (excluding diaryl/α,β-unsaturated/α-hetero) is 1. The number of carbonyl (C=O) groups is 3. The molecule has 0 saturated heterocycles. The highest BCUT2D eigenvalue weighted by Gasteiger charge is 2.48. The van der Waals surface area contributed by atoms with Crippen molar-refractivity contribution in [1.82, 2.24) is 10.2 Å². The van der Waals surface area contributed by atoms with Crippen LogP contribution in [-0.2, 0) is 24.6 Å². The summed E-state index contributed by atoms with van der Waals surface area (Å²) in [5.41, 5.74) is -0.609. The maximum absolute atomic E-state index is 13.1. The molecule has 1 aromatic carbocycles. The number of nitrogens with zero attached hydrogens (tertiary/aromatic N) is 1. The molecule has 2 rings (SSSR count). The quantitative estimate of drug-likeness (QED) is 0.441. The van der Waals surface area contributed by atoms with Gasteiger partial charge >= 0.3 is 13.5 Å². The molecule has 0 unspecified atom stereocenters. The molecule has 172 valence electrons. The Bertz CT molecular complexity index is 791. The standard InChI is InChI=1S/C23H33ClN2O5/c1-5-14-25-20(16(2)3)21(28)30-15-31-22(29)26(4)23(13-9-8-12-19(23)27)17-10-6-7-11-18(17)24/h6-7,10-11,16,20,25H,5,8-9,12-15H2,1-4H3/p+1/t20-,23-/m0/s1. The number of ketones is 1. The average Bonchev–Trinajstić information content (AvgIpc) is 2.74. The van der Waals surface area contributed by atoms with Crippen LogP contribution in [0.25, 0.3) is 0 Å². The van der Waals surface area contributed by atoms with Gasteiger partial charge in [-0.15, -0.1) is 0 Å². The number of rotatable bonds is 9. The zero-order chi connectivity index (χ0) is 23.0. The van der Waals surface area contributed by atoms with Crippen LogP contribution in [0.3, 0.4) is 0 Å². The molecule has 0 bridgehead atoms. The van der Waals surface area contributed by atoms with E-state index >= 15 is 0 Å². The van der Waals surface area contributed by atoms with Gasteiger partial charge in [-0.3, -0.25) is 14.5 Å². The van der Waals surface area contributed by atoms with E-state index in [1.165, 1.54) is 11.9 Å². The molecule has 31 heavy (non-hydrogen) atoms. The Morgan fingerprint density at radius 1 is 1.26 bits per heavy atom. The molecule has 7 nitrogen and oxygen atoms in total. The van der Waals surface area contributed by atoms with Gasteiger partial charge < -0.3 is 14.8 Å². The lowest BCUT2D eigenvalue weighted by atomic mass is 9.74. The largest absolute Gasteiger partial charge is 1.00 e. The summed E-state index contributed by atoms with van der Waals surface area (Å²) in [5.74, 6) is -0.527. The second kappa shape index (κ2) is 11.5. The number of halogens is 1. The van der Waals surface area contributed by atoms with Crippen LogP contribution in [-0.4, -0.2) is 49.2 Å². The van der Waals surface area contributed by atoms with Gasteiger partial charge in [-0.1, -0.05) is 50.6 Å². The summed E-state index contributed by atoms with van der Waals surface area (Å²) in [7, 11) is 1.52. The van der Waals surface area contributed by atoms with E-state index in [-0.39, 0.29) is 13.1 Å². The molecular weight excluding hydrogens is 420 g/mol. The van der Waals surface area contributed by atoms with Gasteiger partial charge in [0.25, 0.3) is 0 Å². The van der Waals surface area contributed by atoms with Crippen LogP contribution in [0.5, 0.6) is 0 Å². The highest BCUT2D eigenvalue weighted by Crippen LogP contribution is 2.42. The van der Waals surface area contributed by atoms with Crippen molar-refractivity contribution in [3.05, 3.63) is 34.9 Å². The van der Waals surface area contributed by atoms with Crippen molar-refractivity contribution in [2.75, 3.05) is 20.4 Å². The molecule has 0 aromatic heterocycles. The van der Waals surface area contributed by atoms with Crippen molar-refractivity contribution in [2.24, 2.45) is 5.92 Å². The smallest absolute Gasteiger partial charge is 0.427 e. The van der Waals surface area contributed by atoms with E-state index < -0.39 is 30.4 Å². The number of likely N-dealkylation sites (N-methyl/N-ethyl adjacent to an activating group) is 1. The third-order valence-corrected chi connectivity index (χ3v) is 6.07. The van der Waals surface area contributed by atoms with Gasteiger partial charge in [0.2, 0.25) is 6.79 Å². The van der Waals surface area contributed by atoms with Crippen LogP contribution in [0.1, 0.15) is 59.9 Å². The first-order valence-electron chi connectivity index (χ1n) is 10.8. The van der Waals surface area contributed by atoms with Crippen LogP contribution >= 0.6 is 11.6 Å². The number of hydrogen-bond acceptors (Lipinski definition) is 6. The minimum atomic E-state index is -1.19. The lowest BCUT2D eigenvalue weighted by molar-refractivity contribution is -0.157. The van der Waals surface area contributed by atoms with E-state index in [2.05, 4.69) is 5.32 Å². The van der Waals surface area contributed by atoms with Gasteiger partial charge in [0.05, 0.1) is 0 Å². The fourth-order valence-electron chi connectivity index (χ4n) is 4.00. The normalized spacial score (nSPS) is 19.7. The molecule has 1 aliphatic rings. The van der Waals surface area contributed by atoms with Crippen LogP contribution in [0.4, 0.5) is 4.79 Å². The Labute approximate surface area is 190 Å². The Hall–Kier alpha value is -2.12. The number of esters is 1. The predicted octanol–water partition coefficient (Wildman–Crippen LogP) is 4.38. The summed E-state index contributed by atoms with van der Waals surface area (Å²) in [4.78, 5) is 39.6. The van der Waals surface area contributed by atoms with Gasteiger partial charge in [0.1, 0.15) is 11.6 Å². The maximum atomic E-state index is 13.1. The molecule has 0 radical (unpaired) electrons. The average molecular weight is 454 g/mol. The van der Waals surface area contributed by atoms with E-state index in [9.17, 15) is 14.4 Å². The number of hydrogen-bond donors (Lipinski definition) is 1. The first kappa shape index (κ1) is 25.1. The van der Waals surface area contributed by atoms with E-state index in [4.69, 9.17) is 21.1 Å². The highest BCUT2D eigenvalue weighted by atomic mass is 35.5. The molecule has 0 aliphatic heterocycles. The molecule has 1 amide bonds. The molecule has 0 spiro atoms. The number of amides is 1. The van der Waals surface area contributed by atoms with Crippen molar-refractivity contribution in [2.45, 2.75) is 64.5 Å². The molecule has 8 heteroatoms. The summed E-state index contributed by atoms with van der Waals surface area (Å²) in [5, 5.41) is 3.56. The minimum absolute atomic E-state index is 0. The Morgan fingerprint density at radius 2 is 1.97 bits per heavy atom. The lowest BCUT2D eigenvalue weighted by Crippen LogP contribution is -2.54. The number of ether oxygens (including phenoxy) is 2. The fraction of sp³-hybridized carbons (Fsp3) is 0.609. The van der Waals surface area contributed by atoms with Gasteiger partial charge in [-0.05, 0) is 44.2 Å². The lowest BCUT2D eigenvalue weighted by Gasteiger charge is -2.43. The van der Waals surface area contributed by atoms with Crippen molar-refractivity contribution in [3.8, 4) is 0 Å². The molecule has 2 atom stereocenters.